The van der Waals surface area contributed by atoms with Gasteiger partial charge in [0.1, 0.15) is 11.4 Å². The van der Waals surface area contributed by atoms with Gasteiger partial charge in [0.25, 0.3) is 0 Å². The molecule has 1 aliphatic rings. The molecule has 0 radical (unpaired) electrons. The first kappa shape index (κ1) is 20.0. The Labute approximate surface area is 177 Å². The standard InChI is InChI=1S/C27H26O3/c1-20-10-8-9-13-22(20)18-24-25(28)19-27(30-26(24)29,23-14-6-3-7-15-23)17-16-21-11-4-2-5-12-21/h2-15,28H,16-19H2,1H3. The van der Waals surface area contributed by atoms with E-state index in [9.17, 15) is 9.90 Å². The molecule has 1 aliphatic heterocycles. The van der Waals surface area contributed by atoms with Gasteiger partial charge in [-0.1, -0.05) is 84.9 Å². The van der Waals surface area contributed by atoms with Crippen LogP contribution in [0.4, 0.5) is 0 Å². The Hall–Kier alpha value is -3.33. The van der Waals surface area contributed by atoms with Crippen molar-refractivity contribution in [3.8, 4) is 0 Å². The monoisotopic (exact) mass is 398 g/mol. The van der Waals surface area contributed by atoms with Crippen LogP contribution in [0.15, 0.2) is 96.3 Å². The molecule has 152 valence electrons. The lowest BCUT2D eigenvalue weighted by Crippen LogP contribution is -2.39. The highest BCUT2D eigenvalue weighted by atomic mass is 16.6. The molecule has 30 heavy (non-hydrogen) atoms. The number of aliphatic hydroxyl groups is 1. The maximum absolute atomic E-state index is 13.1. The van der Waals surface area contributed by atoms with E-state index in [0.29, 0.717) is 18.4 Å². The summed E-state index contributed by atoms with van der Waals surface area (Å²) in [6.07, 6.45) is 2.02. The summed E-state index contributed by atoms with van der Waals surface area (Å²) in [5, 5.41) is 11.0. The number of hydrogen-bond acceptors (Lipinski definition) is 3. The molecule has 1 N–H and O–H groups in total. The number of cyclic esters (lactones) is 1. The first-order valence-electron chi connectivity index (χ1n) is 10.4. The number of carbonyl (C=O) groups excluding carboxylic acids is 1. The van der Waals surface area contributed by atoms with Crippen LogP contribution in [0.1, 0.15) is 35.1 Å². The largest absolute Gasteiger partial charge is 0.512 e. The molecule has 0 bridgehead atoms. The fourth-order valence-electron chi connectivity index (χ4n) is 4.12. The van der Waals surface area contributed by atoms with Crippen LogP contribution in [-0.2, 0) is 28.0 Å². The number of rotatable bonds is 6. The molecule has 1 unspecified atom stereocenters. The highest BCUT2D eigenvalue weighted by Crippen LogP contribution is 2.42. The molecule has 1 heterocycles. The van der Waals surface area contributed by atoms with Crippen molar-refractivity contribution in [3.05, 3.63) is 119 Å². The summed E-state index contributed by atoms with van der Waals surface area (Å²) in [7, 11) is 0. The van der Waals surface area contributed by atoms with Gasteiger partial charge in [0.15, 0.2) is 0 Å². The van der Waals surface area contributed by atoms with E-state index in [1.54, 1.807) is 0 Å². The topological polar surface area (TPSA) is 46.5 Å². The van der Waals surface area contributed by atoms with Crippen LogP contribution in [0.3, 0.4) is 0 Å². The highest BCUT2D eigenvalue weighted by molar-refractivity contribution is 5.91. The Bertz CT molecular complexity index is 1050. The zero-order valence-corrected chi connectivity index (χ0v) is 17.2. The summed E-state index contributed by atoms with van der Waals surface area (Å²) in [5.41, 5.74) is 3.69. The number of hydrogen-bond donors (Lipinski definition) is 1. The third-order valence-corrected chi connectivity index (χ3v) is 5.92. The van der Waals surface area contributed by atoms with Crippen LogP contribution in [-0.4, -0.2) is 11.1 Å². The van der Waals surface area contributed by atoms with Crippen LogP contribution < -0.4 is 0 Å². The van der Waals surface area contributed by atoms with Crippen LogP contribution in [0.2, 0.25) is 0 Å². The molecule has 0 saturated heterocycles. The third kappa shape index (κ3) is 4.16. The molecule has 0 fully saturated rings. The summed E-state index contributed by atoms with van der Waals surface area (Å²) in [5.74, 6) is -0.301. The van der Waals surface area contributed by atoms with Crippen molar-refractivity contribution in [2.45, 2.75) is 38.2 Å². The molecule has 0 amide bonds. The van der Waals surface area contributed by atoms with E-state index < -0.39 is 11.6 Å². The molecular weight excluding hydrogens is 372 g/mol. The van der Waals surface area contributed by atoms with E-state index in [4.69, 9.17) is 4.74 Å². The van der Waals surface area contributed by atoms with Crippen LogP contribution in [0.5, 0.6) is 0 Å². The van der Waals surface area contributed by atoms with Crippen molar-refractivity contribution in [2.75, 3.05) is 0 Å². The van der Waals surface area contributed by atoms with Crippen molar-refractivity contribution in [2.24, 2.45) is 0 Å². The maximum atomic E-state index is 13.1. The summed E-state index contributed by atoms with van der Waals surface area (Å²) in [4.78, 5) is 13.1. The molecule has 3 heteroatoms. The van der Waals surface area contributed by atoms with Crippen LogP contribution >= 0.6 is 0 Å². The average molecular weight is 399 g/mol. The van der Waals surface area contributed by atoms with E-state index in [2.05, 4.69) is 12.1 Å². The number of ether oxygens (including phenoxy) is 1. The predicted octanol–water partition coefficient (Wildman–Crippen LogP) is 5.82. The van der Waals surface area contributed by atoms with E-state index in [1.807, 2.05) is 79.7 Å². The zero-order chi connectivity index (χ0) is 21.0. The van der Waals surface area contributed by atoms with Gasteiger partial charge in [-0.05, 0) is 42.0 Å². The van der Waals surface area contributed by atoms with Gasteiger partial charge in [-0.2, -0.15) is 0 Å². The lowest BCUT2D eigenvalue weighted by molar-refractivity contribution is -0.161. The quantitative estimate of drug-likeness (QED) is 0.532. The molecule has 3 aromatic rings. The summed E-state index contributed by atoms with van der Waals surface area (Å²) >= 11 is 0. The van der Waals surface area contributed by atoms with Crippen molar-refractivity contribution in [1.82, 2.24) is 0 Å². The van der Waals surface area contributed by atoms with E-state index in [1.165, 1.54) is 5.56 Å². The first-order chi connectivity index (χ1) is 14.6. The molecule has 3 nitrogen and oxygen atoms in total. The first-order valence-corrected chi connectivity index (χ1v) is 10.4. The second-order valence-corrected chi connectivity index (χ2v) is 7.94. The van der Waals surface area contributed by atoms with Crippen molar-refractivity contribution in [1.29, 1.82) is 0 Å². The Balaban J connectivity index is 1.66. The Kier molecular flexibility index (Phi) is 5.71. The van der Waals surface area contributed by atoms with Gasteiger partial charge in [-0.3, -0.25) is 0 Å². The van der Waals surface area contributed by atoms with Crippen molar-refractivity contribution < 1.29 is 14.6 Å². The maximum Gasteiger partial charge on any atom is 0.338 e. The van der Waals surface area contributed by atoms with Gasteiger partial charge in [0.2, 0.25) is 0 Å². The van der Waals surface area contributed by atoms with Gasteiger partial charge in [-0.15, -0.1) is 0 Å². The minimum atomic E-state index is -0.868. The van der Waals surface area contributed by atoms with Gasteiger partial charge in [0, 0.05) is 12.8 Å². The lowest BCUT2D eigenvalue weighted by Gasteiger charge is -2.38. The minimum Gasteiger partial charge on any atom is -0.512 e. The molecule has 3 aromatic carbocycles. The van der Waals surface area contributed by atoms with Crippen LogP contribution in [0.25, 0.3) is 0 Å². The number of aryl methyl sites for hydroxylation is 2. The fourth-order valence-corrected chi connectivity index (χ4v) is 4.12. The Morgan fingerprint density at radius 1 is 0.900 bits per heavy atom. The summed E-state index contributed by atoms with van der Waals surface area (Å²) in [6, 6.07) is 27.8. The van der Waals surface area contributed by atoms with Crippen LogP contribution in [0, 0.1) is 6.92 Å². The smallest absolute Gasteiger partial charge is 0.338 e. The van der Waals surface area contributed by atoms with Gasteiger partial charge in [0.05, 0.1) is 5.57 Å². The molecule has 0 aliphatic carbocycles. The third-order valence-electron chi connectivity index (χ3n) is 5.92. The number of aliphatic hydroxyl groups excluding tert-OH is 1. The van der Waals surface area contributed by atoms with E-state index >= 15 is 0 Å². The van der Waals surface area contributed by atoms with E-state index in [-0.39, 0.29) is 12.2 Å². The summed E-state index contributed by atoms with van der Waals surface area (Å²) in [6.45, 7) is 2.01. The second kappa shape index (κ2) is 8.58. The molecule has 0 aromatic heterocycles. The van der Waals surface area contributed by atoms with Gasteiger partial charge >= 0.3 is 5.97 Å². The molecule has 1 atom stereocenters. The Morgan fingerprint density at radius 3 is 2.20 bits per heavy atom. The van der Waals surface area contributed by atoms with Gasteiger partial charge < -0.3 is 9.84 Å². The van der Waals surface area contributed by atoms with Gasteiger partial charge in [-0.25, -0.2) is 4.79 Å². The Morgan fingerprint density at radius 2 is 1.53 bits per heavy atom. The zero-order valence-electron chi connectivity index (χ0n) is 17.2. The summed E-state index contributed by atoms with van der Waals surface area (Å²) < 4.78 is 6.12. The molecule has 4 rings (SSSR count). The van der Waals surface area contributed by atoms with Crippen molar-refractivity contribution in [3.63, 3.8) is 0 Å². The number of benzene rings is 3. The fraction of sp³-hybridized carbons (Fsp3) is 0.222. The molecular formula is C27H26O3. The molecule has 0 spiro atoms. The SMILES string of the molecule is Cc1ccccc1CC1=C(O)CC(CCc2ccccc2)(c2ccccc2)OC1=O. The average Bonchev–Trinajstić information content (AvgIpc) is 2.77. The lowest BCUT2D eigenvalue weighted by atomic mass is 9.81. The van der Waals surface area contributed by atoms with Crippen molar-refractivity contribution >= 4 is 5.97 Å². The highest BCUT2D eigenvalue weighted by Gasteiger charge is 2.43. The second-order valence-electron chi connectivity index (χ2n) is 7.94. The minimum absolute atomic E-state index is 0.131. The number of esters is 1. The molecule has 0 saturated carbocycles. The normalized spacial score (nSPS) is 18.9. The number of carbonyl (C=O) groups is 1. The van der Waals surface area contributed by atoms with E-state index in [0.717, 1.165) is 23.1 Å². The predicted molar refractivity (Wildman–Crippen MR) is 118 cm³/mol.